The molecule has 0 aliphatic carbocycles. The second-order valence-corrected chi connectivity index (χ2v) is 2.86. The van der Waals surface area contributed by atoms with Gasteiger partial charge in [0.2, 0.25) is 5.91 Å². The first-order valence-corrected chi connectivity index (χ1v) is 3.78. The lowest BCUT2D eigenvalue weighted by molar-refractivity contribution is -0.119. The van der Waals surface area contributed by atoms with Crippen LogP contribution >= 0.6 is 0 Å². The van der Waals surface area contributed by atoms with Crippen molar-refractivity contribution in [3.8, 4) is 0 Å². The van der Waals surface area contributed by atoms with Crippen LogP contribution in [-0.4, -0.2) is 19.0 Å². The highest BCUT2D eigenvalue weighted by Crippen LogP contribution is 2.14. The largest absolute Gasteiger partial charge is 0.370 e. The molecular weight excluding hydrogens is 128 g/mol. The lowest BCUT2D eigenvalue weighted by Crippen LogP contribution is -2.30. The molecule has 1 aliphatic heterocycles. The number of amides is 1. The van der Waals surface area contributed by atoms with E-state index in [1.54, 1.807) is 0 Å². The van der Waals surface area contributed by atoms with Gasteiger partial charge in [-0.15, -0.1) is 0 Å². The van der Waals surface area contributed by atoms with Gasteiger partial charge in [-0.25, -0.2) is 0 Å². The summed E-state index contributed by atoms with van der Waals surface area (Å²) in [6, 6.07) is 0. The quantitative estimate of drug-likeness (QED) is 0.564. The van der Waals surface area contributed by atoms with Crippen molar-refractivity contribution in [1.29, 1.82) is 0 Å². The number of piperidine rings is 1. The maximum absolute atomic E-state index is 10.5. The Kier molecular flexibility index (Phi) is 2.68. The fraction of sp³-hybridized carbons (Fsp3) is 0.857. The zero-order valence-corrected chi connectivity index (χ0v) is 6.10. The van der Waals surface area contributed by atoms with Crippen molar-refractivity contribution in [3.05, 3.63) is 0 Å². The number of primary amides is 1. The Morgan fingerprint density at radius 1 is 1.50 bits per heavy atom. The van der Waals surface area contributed by atoms with Gasteiger partial charge >= 0.3 is 0 Å². The predicted octanol–water partition coefficient (Wildman–Crippen LogP) is -0.139. The molecule has 10 heavy (non-hydrogen) atoms. The average molecular weight is 142 g/mol. The lowest BCUT2D eigenvalue weighted by atomic mass is 9.95. The van der Waals surface area contributed by atoms with Gasteiger partial charge < -0.3 is 11.1 Å². The topological polar surface area (TPSA) is 55.1 Å². The van der Waals surface area contributed by atoms with Crippen molar-refractivity contribution < 1.29 is 4.79 Å². The molecule has 1 fully saturated rings. The van der Waals surface area contributed by atoms with Gasteiger partial charge in [0.1, 0.15) is 0 Å². The van der Waals surface area contributed by atoms with Crippen molar-refractivity contribution in [2.24, 2.45) is 11.7 Å². The maximum Gasteiger partial charge on any atom is 0.217 e. The second-order valence-electron chi connectivity index (χ2n) is 2.86. The zero-order valence-electron chi connectivity index (χ0n) is 6.10. The number of rotatable bonds is 2. The molecular formula is C7H14N2O. The first-order valence-electron chi connectivity index (χ1n) is 3.78. The first-order chi connectivity index (χ1) is 4.79. The SMILES string of the molecule is NC(=O)CC1CCNCC1. The Hall–Kier alpha value is -0.570. The van der Waals surface area contributed by atoms with Crippen molar-refractivity contribution in [2.75, 3.05) is 13.1 Å². The molecule has 0 aromatic rings. The van der Waals surface area contributed by atoms with Gasteiger partial charge in [0, 0.05) is 6.42 Å². The van der Waals surface area contributed by atoms with Crippen LogP contribution in [0.3, 0.4) is 0 Å². The fourth-order valence-electron chi connectivity index (χ4n) is 1.37. The summed E-state index contributed by atoms with van der Waals surface area (Å²) in [4.78, 5) is 10.5. The van der Waals surface area contributed by atoms with Gasteiger partial charge in [-0.05, 0) is 31.8 Å². The highest BCUT2D eigenvalue weighted by molar-refractivity contribution is 5.73. The maximum atomic E-state index is 10.5. The number of hydrogen-bond acceptors (Lipinski definition) is 2. The third-order valence-electron chi connectivity index (χ3n) is 1.95. The summed E-state index contributed by atoms with van der Waals surface area (Å²) in [6.07, 6.45) is 2.77. The third kappa shape index (κ3) is 2.35. The first kappa shape index (κ1) is 7.54. The molecule has 0 spiro atoms. The van der Waals surface area contributed by atoms with Gasteiger partial charge in [0.05, 0.1) is 0 Å². The molecule has 0 bridgehead atoms. The summed E-state index contributed by atoms with van der Waals surface area (Å²) in [5.74, 6) is 0.380. The molecule has 58 valence electrons. The van der Waals surface area contributed by atoms with Crippen LogP contribution < -0.4 is 11.1 Å². The fourth-order valence-corrected chi connectivity index (χ4v) is 1.37. The molecule has 1 aliphatic rings. The summed E-state index contributed by atoms with van der Waals surface area (Å²) < 4.78 is 0. The molecule has 0 aromatic heterocycles. The van der Waals surface area contributed by atoms with Gasteiger partial charge in [0.15, 0.2) is 0 Å². The number of nitrogens with two attached hydrogens (primary N) is 1. The van der Waals surface area contributed by atoms with E-state index in [1.807, 2.05) is 0 Å². The van der Waals surface area contributed by atoms with E-state index in [0.717, 1.165) is 25.9 Å². The van der Waals surface area contributed by atoms with E-state index < -0.39 is 0 Å². The van der Waals surface area contributed by atoms with Crippen LogP contribution in [0.1, 0.15) is 19.3 Å². The molecule has 3 heteroatoms. The van der Waals surface area contributed by atoms with Crippen molar-refractivity contribution in [2.45, 2.75) is 19.3 Å². The van der Waals surface area contributed by atoms with E-state index in [9.17, 15) is 4.79 Å². The Bertz CT molecular complexity index is 119. The summed E-state index contributed by atoms with van der Waals surface area (Å²) in [5.41, 5.74) is 5.06. The molecule has 1 rings (SSSR count). The molecule has 3 N–H and O–H groups in total. The minimum Gasteiger partial charge on any atom is -0.370 e. The Labute approximate surface area is 61.0 Å². The molecule has 1 saturated heterocycles. The molecule has 1 amide bonds. The average Bonchev–Trinajstić information content (AvgIpc) is 1.88. The second kappa shape index (κ2) is 3.56. The van der Waals surface area contributed by atoms with Crippen LogP contribution in [0.25, 0.3) is 0 Å². The van der Waals surface area contributed by atoms with E-state index in [-0.39, 0.29) is 5.91 Å². The van der Waals surface area contributed by atoms with Crippen LogP contribution in [0.4, 0.5) is 0 Å². The van der Waals surface area contributed by atoms with Crippen LogP contribution in [0.15, 0.2) is 0 Å². The van der Waals surface area contributed by atoms with E-state index in [2.05, 4.69) is 5.32 Å². The van der Waals surface area contributed by atoms with Crippen molar-refractivity contribution >= 4 is 5.91 Å². The van der Waals surface area contributed by atoms with Gasteiger partial charge in [-0.3, -0.25) is 4.79 Å². The minimum atomic E-state index is -0.160. The Morgan fingerprint density at radius 3 is 2.60 bits per heavy atom. The molecule has 1 heterocycles. The Balaban J connectivity index is 2.19. The molecule has 0 atom stereocenters. The number of nitrogens with one attached hydrogen (secondary N) is 1. The van der Waals surface area contributed by atoms with Gasteiger partial charge in [-0.1, -0.05) is 0 Å². The van der Waals surface area contributed by atoms with E-state index in [1.165, 1.54) is 0 Å². The molecule has 0 saturated carbocycles. The predicted molar refractivity (Wildman–Crippen MR) is 39.4 cm³/mol. The molecule has 3 nitrogen and oxygen atoms in total. The highest BCUT2D eigenvalue weighted by atomic mass is 16.1. The van der Waals surface area contributed by atoms with Crippen LogP contribution in [0.2, 0.25) is 0 Å². The standard InChI is InChI=1S/C7H14N2O/c8-7(10)5-6-1-3-9-4-2-6/h6,9H,1-5H2,(H2,8,10). The molecule has 0 unspecified atom stereocenters. The van der Waals surface area contributed by atoms with Crippen LogP contribution in [0.5, 0.6) is 0 Å². The number of carbonyl (C=O) groups excluding carboxylic acids is 1. The zero-order chi connectivity index (χ0) is 7.40. The lowest BCUT2D eigenvalue weighted by Gasteiger charge is -2.20. The van der Waals surface area contributed by atoms with Crippen LogP contribution in [-0.2, 0) is 4.79 Å². The summed E-state index contributed by atoms with van der Waals surface area (Å²) in [5, 5.41) is 3.24. The van der Waals surface area contributed by atoms with E-state index in [0.29, 0.717) is 12.3 Å². The highest BCUT2D eigenvalue weighted by Gasteiger charge is 2.14. The van der Waals surface area contributed by atoms with E-state index in [4.69, 9.17) is 5.73 Å². The summed E-state index contributed by atoms with van der Waals surface area (Å²) >= 11 is 0. The number of carbonyl (C=O) groups is 1. The monoisotopic (exact) mass is 142 g/mol. The van der Waals surface area contributed by atoms with Gasteiger partial charge in [-0.2, -0.15) is 0 Å². The summed E-state index contributed by atoms with van der Waals surface area (Å²) in [6.45, 7) is 2.08. The molecule has 0 aromatic carbocycles. The van der Waals surface area contributed by atoms with Crippen molar-refractivity contribution in [1.82, 2.24) is 5.32 Å². The molecule has 0 radical (unpaired) electrons. The Morgan fingerprint density at radius 2 is 2.10 bits per heavy atom. The van der Waals surface area contributed by atoms with Crippen LogP contribution in [0, 0.1) is 5.92 Å². The van der Waals surface area contributed by atoms with Gasteiger partial charge in [0.25, 0.3) is 0 Å². The third-order valence-corrected chi connectivity index (χ3v) is 1.95. The van der Waals surface area contributed by atoms with Crippen molar-refractivity contribution in [3.63, 3.8) is 0 Å². The minimum absolute atomic E-state index is 0.160. The smallest absolute Gasteiger partial charge is 0.217 e. The van der Waals surface area contributed by atoms with E-state index >= 15 is 0 Å². The normalized spacial score (nSPS) is 20.8. The summed E-state index contributed by atoms with van der Waals surface area (Å²) in [7, 11) is 0. The number of hydrogen-bond donors (Lipinski definition) is 2.